The summed E-state index contributed by atoms with van der Waals surface area (Å²) >= 11 is 12.4. The van der Waals surface area contributed by atoms with Gasteiger partial charge in [-0.3, -0.25) is 19.3 Å². The Balaban J connectivity index is 1.92. The van der Waals surface area contributed by atoms with Crippen LogP contribution in [0, 0.1) is 0 Å². The summed E-state index contributed by atoms with van der Waals surface area (Å²) in [5.41, 5.74) is 1.39. The number of aliphatic hydroxyl groups is 1. The maximum Gasteiger partial charge on any atom is 0.307 e. The van der Waals surface area contributed by atoms with Crippen molar-refractivity contribution in [2.24, 2.45) is 0 Å². The molecule has 0 spiro atoms. The van der Waals surface area contributed by atoms with E-state index in [2.05, 4.69) is 0 Å². The van der Waals surface area contributed by atoms with Gasteiger partial charge in [-0.25, -0.2) is 0 Å². The zero-order chi connectivity index (χ0) is 25.3. The summed E-state index contributed by atoms with van der Waals surface area (Å²) in [6.45, 7) is 0. The van der Waals surface area contributed by atoms with Gasteiger partial charge in [-0.1, -0.05) is 65.7 Å². The fourth-order valence-corrected chi connectivity index (χ4v) is 4.66. The Hall–Kier alpha value is -3.81. The number of carboxylic acid groups (broad SMARTS) is 1. The van der Waals surface area contributed by atoms with Gasteiger partial charge in [-0.15, -0.1) is 0 Å². The Kier molecular flexibility index (Phi) is 6.82. The number of carboxylic acids is 1. The molecule has 35 heavy (non-hydrogen) atoms. The molecule has 1 saturated heterocycles. The Morgan fingerprint density at radius 1 is 1.00 bits per heavy atom. The fourth-order valence-electron chi connectivity index (χ4n) is 4.09. The van der Waals surface area contributed by atoms with E-state index in [1.807, 2.05) is 0 Å². The number of ether oxygens (including phenoxy) is 1. The monoisotopic (exact) mass is 511 g/mol. The lowest BCUT2D eigenvalue weighted by molar-refractivity contribution is -0.136. The summed E-state index contributed by atoms with van der Waals surface area (Å²) in [4.78, 5) is 38.8. The summed E-state index contributed by atoms with van der Waals surface area (Å²) in [5, 5.41) is 20.7. The number of nitrogens with zero attached hydrogens (tertiary/aromatic N) is 1. The number of carbonyl (C=O) groups is 3. The fraction of sp³-hybridized carbons (Fsp3) is 0.115. The van der Waals surface area contributed by atoms with Crippen LogP contribution in [0.5, 0.6) is 5.75 Å². The average Bonchev–Trinajstić information content (AvgIpc) is 3.09. The molecule has 0 radical (unpaired) electrons. The molecular weight excluding hydrogens is 493 g/mol. The van der Waals surface area contributed by atoms with Crippen molar-refractivity contribution in [2.45, 2.75) is 12.5 Å². The number of aliphatic carboxylic acids is 1. The van der Waals surface area contributed by atoms with Gasteiger partial charge in [-0.2, -0.15) is 0 Å². The van der Waals surface area contributed by atoms with Gasteiger partial charge in [0, 0.05) is 10.7 Å². The third-order valence-electron chi connectivity index (χ3n) is 5.60. The highest BCUT2D eigenvalue weighted by Gasteiger charge is 2.47. The van der Waals surface area contributed by atoms with E-state index in [0.717, 1.165) is 0 Å². The number of hydrogen-bond acceptors (Lipinski definition) is 5. The third kappa shape index (κ3) is 4.60. The van der Waals surface area contributed by atoms with E-state index in [9.17, 15) is 19.5 Å². The molecule has 1 atom stereocenters. The van der Waals surface area contributed by atoms with Crippen molar-refractivity contribution < 1.29 is 29.3 Å². The van der Waals surface area contributed by atoms with Crippen LogP contribution in [0.25, 0.3) is 5.76 Å². The van der Waals surface area contributed by atoms with Gasteiger partial charge >= 0.3 is 5.97 Å². The van der Waals surface area contributed by atoms with Crippen LogP contribution in [0.15, 0.2) is 72.3 Å². The second-order valence-corrected chi connectivity index (χ2v) is 8.63. The topological polar surface area (TPSA) is 104 Å². The molecule has 178 valence electrons. The first-order chi connectivity index (χ1) is 16.7. The highest BCUT2D eigenvalue weighted by atomic mass is 35.5. The van der Waals surface area contributed by atoms with Crippen LogP contribution in [0.4, 0.5) is 5.69 Å². The van der Waals surface area contributed by atoms with E-state index in [1.54, 1.807) is 54.6 Å². The average molecular weight is 512 g/mol. The molecule has 3 aromatic rings. The van der Waals surface area contributed by atoms with E-state index in [-0.39, 0.29) is 33.4 Å². The van der Waals surface area contributed by atoms with Crippen molar-refractivity contribution >= 4 is 52.3 Å². The molecule has 7 nitrogen and oxygen atoms in total. The molecule has 1 unspecified atom stereocenters. The normalized spacial score (nSPS) is 17.0. The Morgan fingerprint density at radius 3 is 2.26 bits per heavy atom. The smallest absolute Gasteiger partial charge is 0.307 e. The van der Waals surface area contributed by atoms with Crippen molar-refractivity contribution in [2.75, 3.05) is 12.0 Å². The summed E-state index contributed by atoms with van der Waals surface area (Å²) in [5.74, 6) is -3.12. The molecule has 1 fully saturated rings. The van der Waals surface area contributed by atoms with E-state index in [0.29, 0.717) is 16.8 Å². The molecule has 0 bridgehead atoms. The summed E-state index contributed by atoms with van der Waals surface area (Å²) in [6.07, 6.45) is -0.184. The highest BCUT2D eigenvalue weighted by molar-refractivity contribution is 6.52. The molecule has 3 aromatic carbocycles. The quantitative estimate of drug-likeness (QED) is 0.266. The number of ketones is 1. The first-order valence-electron chi connectivity index (χ1n) is 10.4. The van der Waals surface area contributed by atoms with Crippen LogP contribution < -0.4 is 9.64 Å². The lowest BCUT2D eigenvalue weighted by Gasteiger charge is -2.25. The van der Waals surface area contributed by atoms with Crippen molar-refractivity contribution in [1.82, 2.24) is 0 Å². The van der Waals surface area contributed by atoms with Gasteiger partial charge in [0.25, 0.3) is 11.7 Å². The van der Waals surface area contributed by atoms with Gasteiger partial charge in [0.2, 0.25) is 0 Å². The van der Waals surface area contributed by atoms with Crippen LogP contribution in [-0.2, 0) is 20.8 Å². The minimum absolute atomic E-state index is 0.0701. The highest BCUT2D eigenvalue weighted by Crippen LogP contribution is 2.44. The van der Waals surface area contributed by atoms with E-state index in [4.69, 9.17) is 33.0 Å². The standard InChI is InChI=1S/C26H19Cl2NO6/c1-35-25-18(12-16(27)13-19(25)28)23(32)21-22(15-5-3-2-4-6-15)29(26(34)24(21)33)17-9-7-14(8-10-17)11-20(30)31/h2-10,12-13,22,32H,11H2,1H3,(H,30,31)/b23-21+. The molecule has 0 aliphatic carbocycles. The number of benzene rings is 3. The van der Waals surface area contributed by atoms with Crippen molar-refractivity contribution in [1.29, 1.82) is 0 Å². The number of rotatable bonds is 6. The van der Waals surface area contributed by atoms with E-state index < -0.39 is 29.5 Å². The van der Waals surface area contributed by atoms with Gasteiger partial charge in [0.05, 0.1) is 35.7 Å². The number of Topliss-reactive ketones (excluding diaryl/α,β-unsaturated/α-hetero) is 1. The minimum Gasteiger partial charge on any atom is -0.507 e. The molecular formula is C26H19Cl2NO6. The van der Waals surface area contributed by atoms with Gasteiger partial charge in [0.15, 0.2) is 0 Å². The van der Waals surface area contributed by atoms with Gasteiger partial charge in [0.1, 0.15) is 11.5 Å². The number of hydrogen-bond donors (Lipinski definition) is 2. The molecule has 4 rings (SSSR count). The van der Waals surface area contributed by atoms with Crippen LogP contribution in [0.1, 0.15) is 22.7 Å². The second-order valence-electron chi connectivity index (χ2n) is 7.79. The summed E-state index contributed by atoms with van der Waals surface area (Å²) < 4.78 is 5.33. The molecule has 0 aromatic heterocycles. The predicted octanol–water partition coefficient (Wildman–Crippen LogP) is 5.26. The molecule has 2 N–H and O–H groups in total. The number of amides is 1. The third-order valence-corrected chi connectivity index (χ3v) is 6.10. The second kappa shape index (κ2) is 9.82. The number of carbonyl (C=O) groups excluding carboxylic acids is 2. The van der Waals surface area contributed by atoms with E-state index in [1.165, 1.54) is 24.1 Å². The maximum atomic E-state index is 13.3. The molecule has 1 heterocycles. The number of anilines is 1. The van der Waals surface area contributed by atoms with Crippen molar-refractivity contribution in [3.8, 4) is 5.75 Å². The minimum atomic E-state index is -0.989. The molecule has 0 saturated carbocycles. The van der Waals surface area contributed by atoms with Crippen LogP contribution in [0.3, 0.4) is 0 Å². The summed E-state index contributed by atoms with van der Waals surface area (Å²) in [7, 11) is 1.36. The Morgan fingerprint density at radius 2 is 1.66 bits per heavy atom. The lowest BCUT2D eigenvalue weighted by atomic mass is 9.94. The zero-order valence-corrected chi connectivity index (χ0v) is 19.9. The lowest BCUT2D eigenvalue weighted by Crippen LogP contribution is -2.29. The number of aliphatic hydroxyl groups excluding tert-OH is 1. The maximum absolute atomic E-state index is 13.3. The molecule has 1 aliphatic heterocycles. The van der Waals surface area contributed by atoms with Gasteiger partial charge in [-0.05, 0) is 35.4 Å². The SMILES string of the molecule is COc1c(Cl)cc(Cl)cc1/C(O)=C1\C(=O)C(=O)N(c2ccc(CC(=O)O)cc2)C1c1ccccc1. The number of methoxy groups -OCH3 is 1. The van der Waals surface area contributed by atoms with Crippen molar-refractivity contribution in [3.63, 3.8) is 0 Å². The van der Waals surface area contributed by atoms with Crippen LogP contribution in [-0.4, -0.2) is 35.0 Å². The predicted molar refractivity (Wildman–Crippen MR) is 132 cm³/mol. The van der Waals surface area contributed by atoms with Gasteiger partial charge < -0.3 is 14.9 Å². The first kappa shape index (κ1) is 24.3. The van der Waals surface area contributed by atoms with Crippen LogP contribution >= 0.6 is 23.2 Å². The number of halogens is 2. The first-order valence-corrected chi connectivity index (χ1v) is 11.2. The zero-order valence-electron chi connectivity index (χ0n) is 18.4. The summed E-state index contributed by atoms with van der Waals surface area (Å²) in [6, 6.07) is 16.9. The molecule has 9 heteroatoms. The molecule has 1 amide bonds. The van der Waals surface area contributed by atoms with Crippen LogP contribution in [0.2, 0.25) is 10.0 Å². The largest absolute Gasteiger partial charge is 0.507 e. The van der Waals surface area contributed by atoms with E-state index >= 15 is 0 Å². The Labute approximate surface area is 210 Å². The van der Waals surface area contributed by atoms with Crippen molar-refractivity contribution in [3.05, 3.63) is 99.0 Å². The molecule has 1 aliphatic rings. The Bertz CT molecular complexity index is 1350.